The molecule has 136 valence electrons. The van der Waals surface area contributed by atoms with Gasteiger partial charge in [-0.15, -0.1) is 0 Å². The number of carbonyl (C=O) groups is 2. The molecule has 0 radical (unpaired) electrons. The number of hydrogen-bond acceptors (Lipinski definition) is 5. The van der Waals surface area contributed by atoms with Crippen LogP contribution in [0.1, 0.15) is 28.2 Å². The minimum Gasteiger partial charge on any atom is -0.364 e. The Bertz CT molecular complexity index is 834. The second kappa shape index (κ2) is 6.25. The Morgan fingerprint density at radius 1 is 1.31 bits per heavy atom. The number of carbonyl (C=O) groups excluding carboxylic acids is 2. The van der Waals surface area contributed by atoms with E-state index in [0.717, 1.165) is 5.56 Å². The average molecular weight is 355 g/mol. The second-order valence-electron chi connectivity index (χ2n) is 6.88. The van der Waals surface area contributed by atoms with Crippen molar-refractivity contribution in [1.29, 1.82) is 0 Å². The molecule has 0 aliphatic carbocycles. The number of aromatic nitrogens is 1. The van der Waals surface area contributed by atoms with Gasteiger partial charge in [0, 0.05) is 26.2 Å². The summed E-state index contributed by atoms with van der Waals surface area (Å²) in [5.74, 6) is -0.0129. The standard InChI is InChI=1S/C19H21N3O4/c1-13-10-15(26-20-13)18(24)22-9-8-19(14-6-4-3-5-7-14)16(11-22)25-12-17(23)21(19)2/h3-7,10,16H,8-9,11-12H2,1-2H3/t16-,19+/m1/s1. The van der Waals surface area contributed by atoms with E-state index in [0.29, 0.717) is 25.2 Å². The fourth-order valence-corrected chi connectivity index (χ4v) is 4.03. The fraction of sp³-hybridized carbons (Fsp3) is 0.421. The van der Waals surface area contributed by atoms with E-state index in [1.807, 2.05) is 37.4 Å². The van der Waals surface area contributed by atoms with Gasteiger partial charge in [-0.25, -0.2) is 0 Å². The second-order valence-corrected chi connectivity index (χ2v) is 6.88. The first-order chi connectivity index (χ1) is 12.5. The van der Waals surface area contributed by atoms with Gasteiger partial charge in [0.15, 0.2) is 0 Å². The van der Waals surface area contributed by atoms with Gasteiger partial charge in [0.1, 0.15) is 12.7 Å². The van der Waals surface area contributed by atoms with Gasteiger partial charge in [-0.1, -0.05) is 35.5 Å². The molecule has 3 heterocycles. The third-order valence-electron chi connectivity index (χ3n) is 5.46. The van der Waals surface area contributed by atoms with E-state index in [9.17, 15) is 9.59 Å². The summed E-state index contributed by atoms with van der Waals surface area (Å²) in [4.78, 5) is 28.6. The van der Waals surface area contributed by atoms with Crippen molar-refractivity contribution >= 4 is 11.8 Å². The number of morpholine rings is 1. The summed E-state index contributed by atoms with van der Waals surface area (Å²) in [5.41, 5.74) is 1.14. The number of ether oxygens (including phenoxy) is 1. The highest BCUT2D eigenvalue weighted by Crippen LogP contribution is 2.42. The Labute approximate surface area is 151 Å². The third kappa shape index (κ3) is 2.50. The minimum absolute atomic E-state index is 0.0270. The maximum Gasteiger partial charge on any atom is 0.292 e. The maximum atomic E-state index is 12.7. The van der Waals surface area contributed by atoms with Gasteiger partial charge in [0.25, 0.3) is 5.91 Å². The van der Waals surface area contributed by atoms with Gasteiger partial charge < -0.3 is 19.1 Å². The molecule has 0 bridgehead atoms. The molecule has 7 heteroatoms. The molecule has 4 rings (SSSR count). The zero-order valence-corrected chi connectivity index (χ0v) is 14.8. The van der Waals surface area contributed by atoms with Crippen LogP contribution in [0.25, 0.3) is 0 Å². The molecule has 1 aromatic heterocycles. The van der Waals surface area contributed by atoms with Gasteiger partial charge in [-0.05, 0) is 18.9 Å². The molecule has 2 amide bonds. The van der Waals surface area contributed by atoms with Crippen LogP contribution in [0.5, 0.6) is 0 Å². The van der Waals surface area contributed by atoms with E-state index in [1.165, 1.54) is 0 Å². The largest absolute Gasteiger partial charge is 0.364 e. The molecule has 0 spiro atoms. The topological polar surface area (TPSA) is 75.9 Å². The van der Waals surface area contributed by atoms with E-state index in [-0.39, 0.29) is 30.3 Å². The van der Waals surface area contributed by atoms with Crippen molar-refractivity contribution in [3.05, 3.63) is 53.4 Å². The lowest BCUT2D eigenvalue weighted by atomic mass is 9.76. The Balaban J connectivity index is 1.65. The minimum atomic E-state index is -0.565. The van der Waals surface area contributed by atoms with Crippen LogP contribution in [-0.2, 0) is 15.1 Å². The number of hydrogen-bond donors (Lipinski definition) is 0. The summed E-state index contributed by atoms with van der Waals surface area (Å²) < 4.78 is 11.0. The molecule has 0 unspecified atom stereocenters. The van der Waals surface area contributed by atoms with Gasteiger partial charge in [0.05, 0.1) is 11.2 Å². The molecular formula is C19H21N3O4. The van der Waals surface area contributed by atoms with Crippen LogP contribution >= 0.6 is 0 Å². The highest BCUT2D eigenvalue weighted by Gasteiger charge is 2.53. The first-order valence-electron chi connectivity index (χ1n) is 8.69. The quantitative estimate of drug-likeness (QED) is 0.818. The summed E-state index contributed by atoms with van der Waals surface area (Å²) in [5, 5.41) is 3.79. The number of fused-ring (bicyclic) bond motifs is 1. The highest BCUT2D eigenvalue weighted by atomic mass is 16.5. The lowest BCUT2D eigenvalue weighted by molar-refractivity contribution is -0.180. The lowest BCUT2D eigenvalue weighted by Gasteiger charge is -2.54. The Morgan fingerprint density at radius 3 is 2.77 bits per heavy atom. The van der Waals surface area contributed by atoms with Crippen LogP contribution in [0.4, 0.5) is 0 Å². The van der Waals surface area contributed by atoms with Crippen molar-refractivity contribution in [3.63, 3.8) is 0 Å². The monoisotopic (exact) mass is 355 g/mol. The maximum absolute atomic E-state index is 12.7. The first-order valence-corrected chi connectivity index (χ1v) is 8.69. The van der Waals surface area contributed by atoms with E-state index in [1.54, 1.807) is 22.8 Å². The third-order valence-corrected chi connectivity index (χ3v) is 5.46. The Hall–Kier alpha value is -2.67. The summed E-state index contributed by atoms with van der Waals surface area (Å²) in [6.45, 7) is 2.71. The Kier molecular flexibility index (Phi) is 4.03. The van der Waals surface area contributed by atoms with Gasteiger partial charge >= 0.3 is 0 Å². The highest BCUT2D eigenvalue weighted by molar-refractivity contribution is 5.91. The fourth-order valence-electron chi connectivity index (χ4n) is 4.03. The van der Waals surface area contributed by atoms with Crippen molar-refractivity contribution in [3.8, 4) is 0 Å². The number of benzene rings is 1. The predicted octanol–water partition coefficient (Wildman–Crippen LogP) is 1.58. The van der Waals surface area contributed by atoms with E-state index in [4.69, 9.17) is 9.26 Å². The van der Waals surface area contributed by atoms with Crippen molar-refractivity contribution in [2.75, 3.05) is 26.7 Å². The molecule has 2 aromatic rings. The molecule has 1 aromatic carbocycles. The number of rotatable bonds is 2. The van der Waals surface area contributed by atoms with Crippen molar-refractivity contribution in [2.24, 2.45) is 0 Å². The first kappa shape index (κ1) is 16.8. The molecular weight excluding hydrogens is 334 g/mol. The van der Waals surface area contributed by atoms with Gasteiger partial charge in [0.2, 0.25) is 11.7 Å². The van der Waals surface area contributed by atoms with Crippen LogP contribution in [0.15, 0.2) is 40.9 Å². The van der Waals surface area contributed by atoms with Crippen LogP contribution in [0, 0.1) is 6.92 Å². The zero-order valence-electron chi connectivity index (χ0n) is 14.8. The summed E-state index contributed by atoms with van der Waals surface area (Å²) in [6.07, 6.45) is 0.303. The lowest BCUT2D eigenvalue weighted by Crippen LogP contribution is -2.67. The van der Waals surface area contributed by atoms with Gasteiger partial charge in [-0.3, -0.25) is 9.59 Å². The number of likely N-dealkylation sites (tertiary alicyclic amines) is 1. The molecule has 2 saturated heterocycles. The smallest absolute Gasteiger partial charge is 0.292 e. The predicted molar refractivity (Wildman–Crippen MR) is 92.4 cm³/mol. The van der Waals surface area contributed by atoms with E-state index < -0.39 is 5.54 Å². The van der Waals surface area contributed by atoms with Gasteiger partial charge in [-0.2, -0.15) is 0 Å². The summed E-state index contributed by atoms with van der Waals surface area (Å²) in [7, 11) is 1.82. The number of likely N-dealkylation sites (N-methyl/N-ethyl adjacent to an activating group) is 1. The summed E-state index contributed by atoms with van der Waals surface area (Å²) in [6, 6.07) is 11.5. The number of aryl methyl sites for hydroxylation is 1. The SMILES string of the molecule is Cc1cc(C(=O)N2CC[C@]3(c4ccccc4)[C@@H](C2)OCC(=O)N3C)on1. The Morgan fingerprint density at radius 2 is 2.08 bits per heavy atom. The number of amides is 2. The van der Waals surface area contributed by atoms with E-state index in [2.05, 4.69) is 5.16 Å². The number of nitrogens with zero attached hydrogens (tertiary/aromatic N) is 3. The van der Waals surface area contributed by atoms with Crippen LogP contribution in [0.2, 0.25) is 0 Å². The molecule has 2 fully saturated rings. The van der Waals surface area contributed by atoms with Crippen LogP contribution < -0.4 is 0 Å². The molecule has 2 aliphatic rings. The van der Waals surface area contributed by atoms with Crippen LogP contribution in [-0.4, -0.2) is 59.6 Å². The van der Waals surface area contributed by atoms with Crippen molar-refractivity contribution in [2.45, 2.75) is 25.0 Å². The zero-order chi connectivity index (χ0) is 18.3. The van der Waals surface area contributed by atoms with Crippen LogP contribution in [0.3, 0.4) is 0 Å². The average Bonchev–Trinajstić information content (AvgIpc) is 3.11. The summed E-state index contributed by atoms with van der Waals surface area (Å²) >= 11 is 0. The molecule has 2 aliphatic heterocycles. The normalized spacial score (nSPS) is 25.9. The number of piperidine rings is 1. The van der Waals surface area contributed by atoms with Crippen molar-refractivity contribution in [1.82, 2.24) is 15.0 Å². The molecule has 26 heavy (non-hydrogen) atoms. The van der Waals surface area contributed by atoms with Crippen molar-refractivity contribution < 1.29 is 18.8 Å². The van der Waals surface area contributed by atoms with E-state index >= 15 is 0 Å². The molecule has 0 saturated carbocycles. The molecule has 7 nitrogen and oxygen atoms in total. The molecule has 0 N–H and O–H groups in total. The molecule has 2 atom stereocenters.